The lowest BCUT2D eigenvalue weighted by atomic mass is 9.89. The van der Waals surface area contributed by atoms with E-state index in [2.05, 4.69) is 6.92 Å². The second kappa shape index (κ2) is 7.48. The van der Waals surface area contributed by atoms with Gasteiger partial charge in [-0.25, -0.2) is 4.98 Å². The van der Waals surface area contributed by atoms with Gasteiger partial charge < -0.3 is 4.74 Å². The molecule has 7 heteroatoms. The van der Waals surface area contributed by atoms with Crippen molar-refractivity contribution in [2.45, 2.75) is 31.3 Å². The van der Waals surface area contributed by atoms with E-state index >= 15 is 0 Å². The monoisotopic (exact) mass is 400 g/mol. The number of hydrogen-bond acceptors (Lipinski definition) is 6. The van der Waals surface area contributed by atoms with E-state index in [9.17, 15) is 9.59 Å². The molecule has 1 aromatic carbocycles. The highest BCUT2D eigenvalue weighted by molar-refractivity contribution is 7.99. The van der Waals surface area contributed by atoms with E-state index < -0.39 is 0 Å². The zero-order valence-corrected chi connectivity index (χ0v) is 16.9. The van der Waals surface area contributed by atoms with Crippen molar-refractivity contribution >= 4 is 39.3 Å². The maximum atomic E-state index is 13.5. The summed E-state index contributed by atoms with van der Waals surface area (Å²) in [5, 5.41) is 1.27. The molecule has 0 spiro atoms. The first kappa shape index (κ1) is 18.3. The summed E-state index contributed by atoms with van der Waals surface area (Å²) in [4.78, 5) is 32.0. The molecule has 1 aliphatic carbocycles. The Morgan fingerprint density at radius 1 is 1.37 bits per heavy atom. The van der Waals surface area contributed by atoms with Gasteiger partial charge in [-0.1, -0.05) is 36.9 Å². The molecule has 3 aromatic rings. The fourth-order valence-electron chi connectivity index (χ4n) is 3.46. The van der Waals surface area contributed by atoms with E-state index in [1.807, 2.05) is 30.3 Å². The molecule has 2 aromatic heterocycles. The summed E-state index contributed by atoms with van der Waals surface area (Å²) < 4.78 is 6.37. The molecule has 0 N–H and O–H groups in total. The first-order valence-corrected chi connectivity index (χ1v) is 10.7. The fraction of sp³-hybridized carbons (Fsp3) is 0.350. The number of carbonyl (C=O) groups is 1. The number of carbonyl (C=O) groups excluding carboxylic acids is 1. The topological polar surface area (TPSA) is 61.2 Å². The summed E-state index contributed by atoms with van der Waals surface area (Å²) in [5.41, 5.74) is 1.87. The Balaban J connectivity index is 1.93. The van der Waals surface area contributed by atoms with E-state index in [0.29, 0.717) is 11.1 Å². The van der Waals surface area contributed by atoms with Crippen molar-refractivity contribution < 1.29 is 9.53 Å². The number of esters is 1. The number of methoxy groups -OCH3 is 1. The molecule has 1 unspecified atom stereocenters. The average Bonchev–Trinajstić information content (AvgIpc) is 3.04. The largest absolute Gasteiger partial charge is 0.468 e. The van der Waals surface area contributed by atoms with Crippen molar-refractivity contribution in [3.8, 4) is 5.69 Å². The standard InChI is InChI=1S/C20H20N2O3S2/c1-12-8-9-15-14(10-12)17-18(27-15)21-20(26-11-16(23)25-2)22(19(17)24)13-6-4-3-5-7-13/h3-7,12H,8-11H2,1-2H3. The van der Waals surface area contributed by atoms with Crippen molar-refractivity contribution in [3.05, 3.63) is 51.1 Å². The van der Waals surface area contributed by atoms with Crippen molar-refractivity contribution in [1.29, 1.82) is 0 Å². The van der Waals surface area contributed by atoms with Gasteiger partial charge in [0.05, 0.1) is 23.9 Å². The van der Waals surface area contributed by atoms with Crippen LogP contribution >= 0.6 is 23.1 Å². The van der Waals surface area contributed by atoms with Crippen LogP contribution in [-0.4, -0.2) is 28.4 Å². The lowest BCUT2D eigenvalue weighted by Crippen LogP contribution is -2.23. The summed E-state index contributed by atoms with van der Waals surface area (Å²) in [6.07, 6.45) is 3.08. The van der Waals surface area contributed by atoms with Crippen molar-refractivity contribution in [2.24, 2.45) is 5.92 Å². The molecule has 1 aliphatic rings. The van der Waals surface area contributed by atoms with E-state index in [0.717, 1.165) is 35.2 Å². The highest BCUT2D eigenvalue weighted by Gasteiger charge is 2.25. The van der Waals surface area contributed by atoms with Gasteiger partial charge in [0.2, 0.25) is 0 Å². The van der Waals surface area contributed by atoms with Crippen LogP contribution in [0.5, 0.6) is 0 Å². The van der Waals surface area contributed by atoms with Crippen molar-refractivity contribution in [1.82, 2.24) is 9.55 Å². The highest BCUT2D eigenvalue weighted by Crippen LogP contribution is 2.36. The first-order chi connectivity index (χ1) is 13.1. The zero-order chi connectivity index (χ0) is 19.0. The van der Waals surface area contributed by atoms with Crippen LogP contribution in [-0.2, 0) is 22.4 Å². The summed E-state index contributed by atoms with van der Waals surface area (Å²) in [7, 11) is 1.36. The summed E-state index contributed by atoms with van der Waals surface area (Å²) >= 11 is 2.85. The molecule has 2 heterocycles. The van der Waals surface area contributed by atoms with Crippen LogP contribution < -0.4 is 5.56 Å². The minimum atomic E-state index is -0.340. The number of aromatic nitrogens is 2. The lowest BCUT2D eigenvalue weighted by Gasteiger charge is -2.18. The summed E-state index contributed by atoms with van der Waals surface area (Å²) in [5.74, 6) is 0.352. The Morgan fingerprint density at radius 3 is 2.89 bits per heavy atom. The third kappa shape index (κ3) is 3.41. The third-order valence-electron chi connectivity index (χ3n) is 4.86. The first-order valence-electron chi connectivity index (χ1n) is 8.90. The number of hydrogen-bond donors (Lipinski definition) is 0. The van der Waals surface area contributed by atoms with Crippen LogP contribution in [0.15, 0.2) is 40.3 Å². The van der Waals surface area contributed by atoms with Crippen LogP contribution in [0.1, 0.15) is 23.8 Å². The molecule has 0 bridgehead atoms. The Kier molecular flexibility index (Phi) is 5.06. The predicted octanol–water partition coefficient (Wildman–Crippen LogP) is 3.84. The molecule has 0 saturated heterocycles. The van der Waals surface area contributed by atoms with Gasteiger partial charge in [0.1, 0.15) is 4.83 Å². The number of aryl methyl sites for hydroxylation is 1. The van der Waals surface area contributed by atoms with Crippen LogP contribution in [0.2, 0.25) is 0 Å². The molecule has 1 atom stereocenters. The molecule has 0 fully saturated rings. The second-order valence-corrected chi connectivity index (χ2v) is 8.79. The van der Waals surface area contributed by atoms with Gasteiger partial charge in [0, 0.05) is 4.88 Å². The van der Waals surface area contributed by atoms with E-state index in [1.165, 1.54) is 29.3 Å². The molecule has 0 aliphatic heterocycles. The molecule has 5 nitrogen and oxygen atoms in total. The van der Waals surface area contributed by atoms with Crippen LogP contribution in [0.3, 0.4) is 0 Å². The fourth-order valence-corrected chi connectivity index (χ4v) is 5.56. The Labute approximate surface area is 165 Å². The third-order valence-corrected chi connectivity index (χ3v) is 6.95. The number of fused-ring (bicyclic) bond motifs is 3. The Bertz CT molecular complexity index is 1060. The maximum Gasteiger partial charge on any atom is 0.316 e. The van der Waals surface area contributed by atoms with Crippen molar-refractivity contribution in [2.75, 3.05) is 12.9 Å². The van der Waals surface area contributed by atoms with E-state index in [-0.39, 0.29) is 17.3 Å². The minimum Gasteiger partial charge on any atom is -0.468 e. The van der Waals surface area contributed by atoms with Crippen LogP contribution in [0.25, 0.3) is 15.9 Å². The molecule has 0 radical (unpaired) electrons. The number of thiophene rings is 1. The normalized spacial score (nSPS) is 16.3. The molecule has 4 rings (SSSR count). The van der Waals surface area contributed by atoms with E-state index in [4.69, 9.17) is 9.72 Å². The van der Waals surface area contributed by atoms with Crippen LogP contribution in [0.4, 0.5) is 0 Å². The van der Waals surface area contributed by atoms with E-state index in [1.54, 1.807) is 15.9 Å². The van der Waals surface area contributed by atoms with Gasteiger partial charge >= 0.3 is 5.97 Å². The maximum absolute atomic E-state index is 13.5. The minimum absolute atomic E-state index is 0.0508. The average molecular weight is 401 g/mol. The molecule has 0 amide bonds. The number of nitrogens with zero attached hydrogens (tertiary/aromatic N) is 2. The molecular weight excluding hydrogens is 380 g/mol. The van der Waals surface area contributed by atoms with Gasteiger partial charge in [-0.15, -0.1) is 11.3 Å². The van der Waals surface area contributed by atoms with Gasteiger partial charge in [-0.2, -0.15) is 0 Å². The quantitative estimate of drug-likeness (QED) is 0.378. The number of para-hydroxylation sites is 1. The van der Waals surface area contributed by atoms with Gasteiger partial charge in [-0.05, 0) is 42.9 Å². The number of thioether (sulfide) groups is 1. The van der Waals surface area contributed by atoms with Crippen molar-refractivity contribution in [3.63, 3.8) is 0 Å². The SMILES string of the molecule is COC(=O)CSc1nc2sc3c(c2c(=O)n1-c1ccccc1)CC(C)CC3. The molecule has 0 saturated carbocycles. The lowest BCUT2D eigenvalue weighted by molar-refractivity contribution is -0.137. The smallest absolute Gasteiger partial charge is 0.316 e. The van der Waals surface area contributed by atoms with Gasteiger partial charge in [0.15, 0.2) is 5.16 Å². The highest BCUT2D eigenvalue weighted by atomic mass is 32.2. The van der Waals surface area contributed by atoms with Gasteiger partial charge in [0.25, 0.3) is 5.56 Å². The summed E-state index contributed by atoms with van der Waals surface area (Å²) in [6, 6.07) is 9.48. The zero-order valence-electron chi connectivity index (χ0n) is 15.2. The molecular formula is C20H20N2O3S2. The molecule has 27 heavy (non-hydrogen) atoms. The second-order valence-electron chi connectivity index (χ2n) is 6.77. The Morgan fingerprint density at radius 2 is 2.15 bits per heavy atom. The predicted molar refractivity (Wildman–Crippen MR) is 109 cm³/mol. The summed E-state index contributed by atoms with van der Waals surface area (Å²) in [6.45, 7) is 2.23. The number of rotatable bonds is 4. The Hall–Kier alpha value is -2.12. The number of ether oxygens (including phenoxy) is 1. The number of benzene rings is 1. The molecule has 140 valence electrons. The van der Waals surface area contributed by atoms with Gasteiger partial charge in [-0.3, -0.25) is 14.2 Å². The van der Waals surface area contributed by atoms with Crippen LogP contribution in [0, 0.1) is 5.92 Å².